The molecule has 1 aromatic heterocycles. The molecule has 0 N–H and O–H groups in total. The molecular weight excluding hydrogens is 373 g/mol. The predicted octanol–water partition coefficient (Wildman–Crippen LogP) is 4.00. The van der Waals surface area contributed by atoms with Crippen molar-refractivity contribution in [3.05, 3.63) is 82.4 Å². The molecule has 138 valence electrons. The number of carbonyl (C=O) groups is 1. The summed E-state index contributed by atoms with van der Waals surface area (Å²) in [6.07, 6.45) is 1.30. The summed E-state index contributed by atoms with van der Waals surface area (Å²) in [6.45, 7) is 0.134. The zero-order chi connectivity index (χ0) is 19.2. The minimum atomic E-state index is -0.647. The molecular formula is C19H15ClFN3O3. The van der Waals surface area contributed by atoms with E-state index in [2.05, 4.69) is 10.3 Å². The first-order valence-corrected chi connectivity index (χ1v) is 8.30. The summed E-state index contributed by atoms with van der Waals surface area (Å²) < 4.78 is 19.1. The largest absolute Gasteiger partial charge is 0.464 e. The highest BCUT2D eigenvalue weighted by Crippen LogP contribution is 2.23. The minimum Gasteiger partial charge on any atom is -0.464 e. The second-order valence-corrected chi connectivity index (χ2v) is 5.78. The SMILES string of the molecule is COC(=O)c1nn(-c2ccccc2)c(Cl)c1C=NOCc1ccc(F)cc1. The van der Waals surface area contributed by atoms with Crippen molar-refractivity contribution in [2.75, 3.05) is 7.11 Å². The predicted molar refractivity (Wildman–Crippen MR) is 98.7 cm³/mol. The number of rotatable bonds is 6. The van der Waals surface area contributed by atoms with Crippen LogP contribution >= 0.6 is 11.6 Å². The fraction of sp³-hybridized carbons (Fsp3) is 0.105. The zero-order valence-corrected chi connectivity index (χ0v) is 15.1. The lowest BCUT2D eigenvalue weighted by atomic mass is 10.2. The van der Waals surface area contributed by atoms with Crippen molar-refractivity contribution in [3.63, 3.8) is 0 Å². The number of benzene rings is 2. The molecule has 1 heterocycles. The molecule has 27 heavy (non-hydrogen) atoms. The number of hydrogen-bond donors (Lipinski definition) is 0. The van der Waals surface area contributed by atoms with E-state index in [0.717, 1.165) is 5.56 Å². The number of para-hydroxylation sites is 1. The second kappa shape index (κ2) is 8.46. The summed E-state index contributed by atoms with van der Waals surface area (Å²) in [7, 11) is 1.25. The molecule has 0 aliphatic heterocycles. The summed E-state index contributed by atoms with van der Waals surface area (Å²) in [6, 6.07) is 14.9. The van der Waals surface area contributed by atoms with Crippen LogP contribution in [0, 0.1) is 5.82 Å². The van der Waals surface area contributed by atoms with Gasteiger partial charge in [0.15, 0.2) is 5.69 Å². The summed E-state index contributed by atoms with van der Waals surface area (Å²) in [5.41, 5.74) is 1.71. The lowest BCUT2D eigenvalue weighted by Gasteiger charge is -2.02. The Labute approximate surface area is 159 Å². The Kier molecular flexibility index (Phi) is 5.83. The molecule has 0 amide bonds. The number of carbonyl (C=O) groups excluding carboxylic acids is 1. The molecule has 0 unspecified atom stereocenters. The van der Waals surface area contributed by atoms with Gasteiger partial charge in [0.05, 0.1) is 24.6 Å². The minimum absolute atomic E-state index is 0.0143. The third-order valence-electron chi connectivity index (χ3n) is 3.64. The number of nitrogens with zero attached hydrogens (tertiary/aromatic N) is 3. The quantitative estimate of drug-likeness (QED) is 0.364. The Morgan fingerprint density at radius 2 is 1.93 bits per heavy atom. The molecule has 0 spiro atoms. The molecule has 3 aromatic rings. The first-order valence-electron chi connectivity index (χ1n) is 7.92. The van der Waals surface area contributed by atoms with Crippen LogP contribution in [0.2, 0.25) is 5.15 Å². The van der Waals surface area contributed by atoms with E-state index in [1.807, 2.05) is 18.2 Å². The molecule has 0 atom stereocenters. The van der Waals surface area contributed by atoms with E-state index in [-0.39, 0.29) is 28.8 Å². The molecule has 3 rings (SSSR count). The number of hydrogen-bond acceptors (Lipinski definition) is 5. The van der Waals surface area contributed by atoms with Gasteiger partial charge in [-0.05, 0) is 29.8 Å². The maximum Gasteiger partial charge on any atom is 0.359 e. The van der Waals surface area contributed by atoms with Crippen molar-refractivity contribution in [1.29, 1.82) is 0 Å². The molecule has 0 radical (unpaired) electrons. The fourth-order valence-electron chi connectivity index (χ4n) is 2.29. The first kappa shape index (κ1) is 18.6. The van der Waals surface area contributed by atoms with Gasteiger partial charge in [0.1, 0.15) is 17.6 Å². The number of methoxy groups -OCH3 is 1. The van der Waals surface area contributed by atoms with Crippen LogP contribution in [-0.2, 0) is 16.2 Å². The van der Waals surface area contributed by atoms with E-state index in [9.17, 15) is 9.18 Å². The molecule has 0 fully saturated rings. The van der Waals surface area contributed by atoms with Gasteiger partial charge in [-0.15, -0.1) is 0 Å². The molecule has 6 nitrogen and oxygen atoms in total. The maximum absolute atomic E-state index is 12.9. The molecule has 2 aromatic carbocycles. The Bertz CT molecular complexity index is 956. The fourth-order valence-corrected chi connectivity index (χ4v) is 2.57. The first-order chi connectivity index (χ1) is 13.1. The van der Waals surface area contributed by atoms with Gasteiger partial charge >= 0.3 is 5.97 Å². The smallest absolute Gasteiger partial charge is 0.359 e. The molecule has 0 saturated carbocycles. The highest BCUT2D eigenvalue weighted by Gasteiger charge is 2.22. The Hall–Kier alpha value is -3.19. The van der Waals surface area contributed by atoms with Crippen molar-refractivity contribution in [3.8, 4) is 5.69 Å². The zero-order valence-electron chi connectivity index (χ0n) is 14.3. The molecule has 0 aliphatic carbocycles. The van der Waals surface area contributed by atoms with Crippen molar-refractivity contribution < 1.29 is 18.8 Å². The van der Waals surface area contributed by atoms with E-state index >= 15 is 0 Å². The van der Waals surface area contributed by atoms with Crippen LogP contribution < -0.4 is 0 Å². The number of esters is 1. The third kappa shape index (κ3) is 4.32. The Morgan fingerprint density at radius 3 is 2.59 bits per heavy atom. The number of oxime groups is 1. The van der Waals surface area contributed by atoms with E-state index in [1.54, 1.807) is 24.3 Å². The molecule has 0 aliphatic rings. The highest BCUT2D eigenvalue weighted by atomic mass is 35.5. The summed E-state index contributed by atoms with van der Waals surface area (Å²) in [5.74, 6) is -0.975. The van der Waals surface area contributed by atoms with Crippen molar-refractivity contribution >= 4 is 23.8 Å². The van der Waals surface area contributed by atoms with Crippen LogP contribution in [0.4, 0.5) is 4.39 Å². The van der Waals surface area contributed by atoms with Crippen LogP contribution in [0.5, 0.6) is 0 Å². The highest BCUT2D eigenvalue weighted by molar-refractivity contribution is 6.33. The van der Waals surface area contributed by atoms with Crippen LogP contribution in [0.3, 0.4) is 0 Å². The van der Waals surface area contributed by atoms with E-state index in [0.29, 0.717) is 5.69 Å². The van der Waals surface area contributed by atoms with Crippen LogP contribution in [-0.4, -0.2) is 29.1 Å². The topological polar surface area (TPSA) is 65.7 Å². The maximum atomic E-state index is 12.9. The van der Waals surface area contributed by atoms with Gasteiger partial charge in [-0.2, -0.15) is 5.10 Å². The second-order valence-electron chi connectivity index (χ2n) is 5.43. The third-order valence-corrected chi connectivity index (χ3v) is 4.01. The van der Waals surface area contributed by atoms with Crippen LogP contribution in [0.1, 0.15) is 21.6 Å². The Balaban J connectivity index is 1.83. The van der Waals surface area contributed by atoms with Gasteiger partial charge < -0.3 is 9.57 Å². The Morgan fingerprint density at radius 1 is 1.22 bits per heavy atom. The van der Waals surface area contributed by atoms with Crippen LogP contribution in [0.15, 0.2) is 59.8 Å². The van der Waals surface area contributed by atoms with Gasteiger partial charge in [0.25, 0.3) is 0 Å². The van der Waals surface area contributed by atoms with Gasteiger partial charge in [-0.25, -0.2) is 13.9 Å². The van der Waals surface area contributed by atoms with E-state index < -0.39 is 5.97 Å². The lowest BCUT2D eigenvalue weighted by molar-refractivity contribution is 0.0593. The average Bonchev–Trinajstić information content (AvgIpc) is 3.03. The normalized spacial score (nSPS) is 10.9. The van der Waals surface area contributed by atoms with Gasteiger partial charge in [-0.1, -0.05) is 47.1 Å². The monoisotopic (exact) mass is 387 g/mol. The summed E-state index contributed by atoms with van der Waals surface area (Å²) >= 11 is 6.38. The lowest BCUT2D eigenvalue weighted by Crippen LogP contribution is -2.06. The molecule has 0 bridgehead atoms. The van der Waals surface area contributed by atoms with Crippen molar-refractivity contribution in [2.24, 2.45) is 5.16 Å². The van der Waals surface area contributed by atoms with Gasteiger partial charge in [-0.3, -0.25) is 0 Å². The molecule has 8 heteroatoms. The average molecular weight is 388 g/mol. The number of ether oxygens (including phenoxy) is 1. The van der Waals surface area contributed by atoms with Crippen LogP contribution in [0.25, 0.3) is 5.69 Å². The standard InChI is InChI=1S/C19H15ClFN3O3/c1-26-19(25)17-16(11-22-27-12-13-7-9-14(21)10-8-13)18(20)24(23-17)15-5-3-2-4-6-15/h2-11H,12H2,1H3. The van der Waals surface area contributed by atoms with E-state index in [4.69, 9.17) is 21.2 Å². The van der Waals surface area contributed by atoms with Crippen molar-refractivity contribution in [1.82, 2.24) is 9.78 Å². The number of halogens is 2. The number of aromatic nitrogens is 2. The van der Waals surface area contributed by atoms with E-state index in [1.165, 1.54) is 30.1 Å². The van der Waals surface area contributed by atoms with Gasteiger partial charge in [0.2, 0.25) is 0 Å². The van der Waals surface area contributed by atoms with Crippen molar-refractivity contribution in [2.45, 2.75) is 6.61 Å². The summed E-state index contributed by atoms with van der Waals surface area (Å²) in [4.78, 5) is 17.2. The van der Waals surface area contributed by atoms with Gasteiger partial charge in [0, 0.05) is 0 Å². The molecule has 0 saturated heterocycles. The summed E-state index contributed by atoms with van der Waals surface area (Å²) in [5, 5.41) is 8.25.